The Balaban J connectivity index is 1.98. The van der Waals surface area contributed by atoms with Crippen molar-refractivity contribution in [3.63, 3.8) is 0 Å². The summed E-state index contributed by atoms with van der Waals surface area (Å²) < 4.78 is 0. The molecule has 2 rings (SSSR count). The molecule has 0 amide bonds. The number of nitrogens with one attached hydrogen (secondary N) is 1. The van der Waals surface area contributed by atoms with Crippen LogP contribution in [0, 0.1) is 5.92 Å². The Labute approximate surface area is 96.8 Å². The number of halogens is 1. The quantitative estimate of drug-likeness (QED) is 0.812. The van der Waals surface area contributed by atoms with Gasteiger partial charge in [-0.1, -0.05) is 29.8 Å². The summed E-state index contributed by atoms with van der Waals surface area (Å²) in [7, 11) is 0. The lowest BCUT2D eigenvalue weighted by atomic mass is 9.93. The van der Waals surface area contributed by atoms with E-state index in [9.17, 15) is 0 Å². The van der Waals surface area contributed by atoms with Crippen LogP contribution >= 0.6 is 11.6 Å². The summed E-state index contributed by atoms with van der Waals surface area (Å²) in [5.41, 5.74) is 1.31. The number of hydrogen-bond acceptors (Lipinski definition) is 1. The van der Waals surface area contributed by atoms with E-state index in [0.29, 0.717) is 0 Å². The Morgan fingerprint density at radius 3 is 2.93 bits per heavy atom. The zero-order valence-electron chi connectivity index (χ0n) is 9.01. The molecule has 82 valence electrons. The monoisotopic (exact) mass is 223 g/mol. The Hall–Kier alpha value is -0.530. The summed E-state index contributed by atoms with van der Waals surface area (Å²) in [4.78, 5) is 0. The molecule has 1 heterocycles. The van der Waals surface area contributed by atoms with Crippen molar-refractivity contribution in [3.05, 3.63) is 34.9 Å². The minimum absolute atomic E-state index is 0.805. The average molecular weight is 224 g/mol. The first-order chi connectivity index (χ1) is 7.36. The molecule has 0 spiro atoms. The highest BCUT2D eigenvalue weighted by atomic mass is 35.5. The Morgan fingerprint density at radius 1 is 1.20 bits per heavy atom. The third-order valence-corrected chi connectivity index (χ3v) is 3.53. The fraction of sp³-hybridized carbons (Fsp3) is 0.538. The first-order valence-corrected chi connectivity index (χ1v) is 6.18. The van der Waals surface area contributed by atoms with Crippen molar-refractivity contribution < 1.29 is 0 Å². The molecule has 0 saturated carbocycles. The summed E-state index contributed by atoms with van der Waals surface area (Å²) in [6.07, 6.45) is 5.06. The van der Waals surface area contributed by atoms with E-state index in [1.807, 2.05) is 12.1 Å². The highest BCUT2D eigenvalue weighted by Crippen LogP contribution is 2.23. The molecule has 0 bridgehead atoms. The molecule has 1 aromatic carbocycles. The standard InChI is InChI=1S/C13H18ClN/c14-13-6-2-1-5-12(13)10-11-4-3-8-15-9-7-11/h1-2,5-6,11,15H,3-4,7-10H2. The topological polar surface area (TPSA) is 12.0 Å². The van der Waals surface area contributed by atoms with Crippen LogP contribution in [0.5, 0.6) is 0 Å². The molecule has 2 heteroatoms. The summed E-state index contributed by atoms with van der Waals surface area (Å²) in [6.45, 7) is 2.34. The van der Waals surface area contributed by atoms with Crippen molar-refractivity contribution in [2.75, 3.05) is 13.1 Å². The molecule has 1 aromatic rings. The van der Waals surface area contributed by atoms with Crippen LogP contribution in [-0.2, 0) is 6.42 Å². The lowest BCUT2D eigenvalue weighted by molar-refractivity contribution is 0.470. The predicted molar refractivity (Wildman–Crippen MR) is 65.4 cm³/mol. The van der Waals surface area contributed by atoms with E-state index >= 15 is 0 Å². The third kappa shape index (κ3) is 3.22. The number of rotatable bonds is 2. The van der Waals surface area contributed by atoms with Crippen LogP contribution in [0.1, 0.15) is 24.8 Å². The van der Waals surface area contributed by atoms with Gasteiger partial charge in [-0.15, -0.1) is 0 Å². The zero-order chi connectivity index (χ0) is 10.5. The van der Waals surface area contributed by atoms with Crippen LogP contribution in [0.15, 0.2) is 24.3 Å². The normalized spacial score (nSPS) is 22.3. The second kappa shape index (κ2) is 5.53. The van der Waals surface area contributed by atoms with E-state index in [1.54, 1.807) is 0 Å². The van der Waals surface area contributed by atoms with Gasteiger partial charge in [-0.2, -0.15) is 0 Å². The van der Waals surface area contributed by atoms with Gasteiger partial charge in [-0.25, -0.2) is 0 Å². The molecule has 0 radical (unpaired) electrons. The van der Waals surface area contributed by atoms with Crippen molar-refractivity contribution >= 4 is 11.6 Å². The maximum absolute atomic E-state index is 6.17. The first kappa shape index (κ1) is 11.0. The van der Waals surface area contributed by atoms with Crippen LogP contribution in [-0.4, -0.2) is 13.1 Å². The van der Waals surface area contributed by atoms with Gasteiger partial charge in [0.1, 0.15) is 0 Å². The van der Waals surface area contributed by atoms with Crippen molar-refractivity contribution in [1.82, 2.24) is 5.32 Å². The SMILES string of the molecule is Clc1ccccc1CC1CCCNCC1. The van der Waals surface area contributed by atoms with E-state index in [-0.39, 0.29) is 0 Å². The van der Waals surface area contributed by atoms with Gasteiger partial charge in [0.25, 0.3) is 0 Å². The number of hydrogen-bond donors (Lipinski definition) is 1. The smallest absolute Gasteiger partial charge is 0.0438 e. The second-order valence-corrected chi connectivity index (χ2v) is 4.75. The van der Waals surface area contributed by atoms with E-state index in [4.69, 9.17) is 11.6 Å². The molecule has 1 atom stereocenters. The van der Waals surface area contributed by atoms with E-state index in [2.05, 4.69) is 17.4 Å². The van der Waals surface area contributed by atoms with Gasteiger partial charge in [0.05, 0.1) is 0 Å². The highest BCUT2D eigenvalue weighted by Gasteiger charge is 2.13. The summed E-state index contributed by atoms with van der Waals surface area (Å²) in [6, 6.07) is 8.23. The molecule has 1 fully saturated rings. The predicted octanol–water partition coefficient (Wildman–Crippen LogP) is 3.27. The maximum Gasteiger partial charge on any atom is 0.0438 e. The van der Waals surface area contributed by atoms with Gasteiger partial charge in [-0.3, -0.25) is 0 Å². The van der Waals surface area contributed by atoms with Crippen LogP contribution in [0.3, 0.4) is 0 Å². The lowest BCUT2D eigenvalue weighted by Crippen LogP contribution is -2.14. The lowest BCUT2D eigenvalue weighted by Gasteiger charge is -2.14. The fourth-order valence-corrected chi connectivity index (χ4v) is 2.48. The van der Waals surface area contributed by atoms with Gasteiger partial charge in [0, 0.05) is 5.02 Å². The van der Waals surface area contributed by atoms with Crippen molar-refractivity contribution in [2.24, 2.45) is 5.92 Å². The zero-order valence-corrected chi connectivity index (χ0v) is 9.76. The molecular weight excluding hydrogens is 206 g/mol. The molecule has 1 aliphatic rings. The molecule has 1 N–H and O–H groups in total. The first-order valence-electron chi connectivity index (χ1n) is 5.80. The molecule has 1 aliphatic heterocycles. The van der Waals surface area contributed by atoms with E-state index in [0.717, 1.165) is 23.9 Å². The molecule has 0 aliphatic carbocycles. The highest BCUT2D eigenvalue weighted by molar-refractivity contribution is 6.31. The van der Waals surface area contributed by atoms with Crippen molar-refractivity contribution in [3.8, 4) is 0 Å². The Kier molecular flexibility index (Phi) is 4.04. The third-order valence-electron chi connectivity index (χ3n) is 3.16. The second-order valence-electron chi connectivity index (χ2n) is 4.34. The minimum Gasteiger partial charge on any atom is -0.317 e. The molecule has 0 aromatic heterocycles. The Bertz CT molecular complexity index is 303. The van der Waals surface area contributed by atoms with Gasteiger partial charge in [-0.05, 0) is 56.3 Å². The van der Waals surface area contributed by atoms with Gasteiger partial charge in [0.2, 0.25) is 0 Å². The van der Waals surface area contributed by atoms with Crippen molar-refractivity contribution in [1.29, 1.82) is 0 Å². The summed E-state index contributed by atoms with van der Waals surface area (Å²) in [5, 5.41) is 4.37. The fourth-order valence-electron chi connectivity index (χ4n) is 2.27. The van der Waals surface area contributed by atoms with Crippen LogP contribution in [0.4, 0.5) is 0 Å². The summed E-state index contributed by atoms with van der Waals surface area (Å²) in [5.74, 6) is 0.805. The largest absolute Gasteiger partial charge is 0.317 e. The van der Waals surface area contributed by atoms with Crippen LogP contribution in [0.25, 0.3) is 0 Å². The molecule has 15 heavy (non-hydrogen) atoms. The number of benzene rings is 1. The average Bonchev–Trinajstić information content (AvgIpc) is 2.50. The maximum atomic E-state index is 6.17. The minimum atomic E-state index is 0.805. The Morgan fingerprint density at radius 2 is 2.07 bits per heavy atom. The summed E-state index contributed by atoms with van der Waals surface area (Å²) >= 11 is 6.17. The molecular formula is C13H18ClN. The van der Waals surface area contributed by atoms with E-state index < -0.39 is 0 Å². The molecule has 1 saturated heterocycles. The molecule has 1 nitrogen and oxygen atoms in total. The van der Waals surface area contributed by atoms with Gasteiger partial charge < -0.3 is 5.32 Å². The van der Waals surface area contributed by atoms with Gasteiger partial charge in [0.15, 0.2) is 0 Å². The van der Waals surface area contributed by atoms with Crippen LogP contribution < -0.4 is 5.32 Å². The van der Waals surface area contributed by atoms with Crippen LogP contribution in [0.2, 0.25) is 5.02 Å². The van der Waals surface area contributed by atoms with Crippen molar-refractivity contribution in [2.45, 2.75) is 25.7 Å². The molecule has 1 unspecified atom stereocenters. The van der Waals surface area contributed by atoms with Gasteiger partial charge >= 0.3 is 0 Å². The van der Waals surface area contributed by atoms with E-state index in [1.165, 1.54) is 31.4 Å².